The summed E-state index contributed by atoms with van der Waals surface area (Å²) >= 11 is 0. The summed E-state index contributed by atoms with van der Waals surface area (Å²) in [6.45, 7) is 10.2. The van der Waals surface area contributed by atoms with Crippen LogP contribution in [0.25, 0.3) is 0 Å². The van der Waals surface area contributed by atoms with E-state index in [1.807, 2.05) is 12.1 Å². The molecule has 0 bridgehead atoms. The van der Waals surface area contributed by atoms with Crippen LogP contribution in [0.3, 0.4) is 0 Å². The fourth-order valence-electron chi connectivity index (χ4n) is 3.59. The van der Waals surface area contributed by atoms with Gasteiger partial charge in [-0.3, -0.25) is 9.80 Å². The molecular weight excluding hydrogens is 292 g/mol. The van der Waals surface area contributed by atoms with E-state index >= 15 is 0 Å². The highest BCUT2D eigenvalue weighted by atomic mass is 16.7. The molecule has 1 aromatic carbocycles. The van der Waals surface area contributed by atoms with Crippen LogP contribution in [0.2, 0.25) is 0 Å². The zero-order valence-electron chi connectivity index (χ0n) is 14.2. The van der Waals surface area contributed by atoms with Gasteiger partial charge in [-0.25, -0.2) is 0 Å². The molecule has 1 saturated heterocycles. The molecule has 1 aromatic rings. The SMILES string of the molecule is CC(C)CN1CCN(Cc2cccc3c2OCO3)C[C@@H]1CCO. The molecule has 0 unspecified atom stereocenters. The summed E-state index contributed by atoms with van der Waals surface area (Å²) in [6, 6.07) is 6.55. The first kappa shape index (κ1) is 16.6. The Morgan fingerprint density at radius 3 is 2.91 bits per heavy atom. The number of benzene rings is 1. The number of aliphatic hydroxyl groups is 1. The van der Waals surface area contributed by atoms with Crippen molar-refractivity contribution in [2.24, 2.45) is 5.92 Å². The van der Waals surface area contributed by atoms with Gasteiger partial charge in [0.15, 0.2) is 11.5 Å². The first-order valence-electron chi connectivity index (χ1n) is 8.62. The Morgan fingerprint density at radius 1 is 1.26 bits per heavy atom. The maximum atomic E-state index is 9.39. The van der Waals surface area contributed by atoms with E-state index in [-0.39, 0.29) is 6.61 Å². The number of para-hydroxylation sites is 1. The Bertz CT molecular complexity index is 521. The molecule has 0 saturated carbocycles. The number of nitrogens with zero attached hydrogens (tertiary/aromatic N) is 2. The molecule has 2 aliphatic heterocycles. The van der Waals surface area contributed by atoms with Crippen LogP contribution >= 0.6 is 0 Å². The Hall–Kier alpha value is -1.30. The van der Waals surface area contributed by atoms with Gasteiger partial charge in [0.2, 0.25) is 6.79 Å². The van der Waals surface area contributed by atoms with Gasteiger partial charge >= 0.3 is 0 Å². The van der Waals surface area contributed by atoms with Crippen molar-refractivity contribution in [3.63, 3.8) is 0 Å². The third kappa shape index (κ3) is 3.97. The molecule has 1 atom stereocenters. The molecular formula is C18H28N2O3. The van der Waals surface area contributed by atoms with Crippen LogP contribution in [0, 0.1) is 5.92 Å². The van der Waals surface area contributed by atoms with Crippen LogP contribution in [-0.2, 0) is 6.54 Å². The molecule has 0 amide bonds. The van der Waals surface area contributed by atoms with E-state index < -0.39 is 0 Å². The number of piperazine rings is 1. The lowest BCUT2D eigenvalue weighted by Gasteiger charge is -2.42. The molecule has 1 fully saturated rings. The van der Waals surface area contributed by atoms with Crippen molar-refractivity contribution in [2.45, 2.75) is 32.9 Å². The lowest BCUT2D eigenvalue weighted by molar-refractivity contribution is 0.0472. The molecule has 23 heavy (non-hydrogen) atoms. The monoisotopic (exact) mass is 320 g/mol. The molecule has 0 aliphatic carbocycles. The highest BCUT2D eigenvalue weighted by molar-refractivity contribution is 5.48. The van der Waals surface area contributed by atoms with Crippen LogP contribution in [0.5, 0.6) is 11.5 Å². The van der Waals surface area contributed by atoms with Gasteiger partial charge in [-0.15, -0.1) is 0 Å². The van der Waals surface area contributed by atoms with Crippen LogP contribution < -0.4 is 9.47 Å². The quantitative estimate of drug-likeness (QED) is 0.868. The van der Waals surface area contributed by atoms with E-state index in [1.54, 1.807) is 0 Å². The number of fused-ring (bicyclic) bond motifs is 1. The molecule has 0 radical (unpaired) electrons. The van der Waals surface area contributed by atoms with Gasteiger partial charge in [0, 0.05) is 50.9 Å². The normalized spacial score (nSPS) is 22.0. The molecule has 5 heteroatoms. The predicted molar refractivity (Wildman–Crippen MR) is 89.7 cm³/mol. The van der Waals surface area contributed by atoms with Gasteiger partial charge in [-0.2, -0.15) is 0 Å². The minimum Gasteiger partial charge on any atom is -0.454 e. The highest BCUT2D eigenvalue weighted by Crippen LogP contribution is 2.36. The lowest BCUT2D eigenvalue weighted by atomic mass is 10.0. The topological polar surface area (TPSA) is 45.2 Å². The first-order valence-corrected chi connectivity index (χ1v) is 8.62. The molecule has 2 aliphatic rings. The largest absolute Gasteiger partial charge is 0.454 e. The summed E-state index contributed by atoms with van der Waals surface area (Å²) in [6.07, 6.45) is 0.843. The van der Waals surface area contributed by atoms with Gasteiger partial charge in [0.25, 0.3) is 0 Å². The van der Waals surface area contributed by atoms with Gasteiger partial charge < -0.3 is 14.6 Å². The maximum Gasteiger partial charge on any atom is 0.231 e. The average Bonchev–Trinajstić information content (AvgIpc) is 2.99. The second-order valence-corrected chi connectivity index (χ2v) is 6.94. The molecule has 0 aromatic heterocycles. The van der Waals surface area contributed by atoms with Crippen molar-refractivity contribution in [2.75, 3.05) is 39.6 Å². The molecule has 128 valence electrons. The van der Waals surface area contributed by atoms with E-state index in [0.29, 0.717) is 18.8 Å². The van der Waals surface area contributed by atoms with E-state index in [0.717, 1.165) is 50.6 Å². The third-order valence-electron chi connectivity index (χ3n) is 4.62. The van der Waals surface area contributed by atoms with Gasteiger partial charge in [-0.1, -0.05) is 26.0 Å². The van der Waals surface area contributed by atoms with E-state index in [2.05, 4.69) is 29.7 Å². The molecule has 5 nitrogen and oxygen atoms in total. The Morgan fingerprint density at radius 2 is 2.13 bits per heavy atom. The van der Waals surface area contributed by atoms with E-state index in [9.17, 15) is 5.11 Å². The van der Waals surface area contributed by atoms with Crippen LogP contribution in [0.1, 0.15) is 25.8 Å². The number of hydrogen-bond donors (Lipinski definition) is 1. The predicted octanol–water partition coefficient (Wildman–Crippen LogP) is 1.94. The van der Waals surface area contributed by atoms with Gasteiger partial charge in [0.05, 0.1) is 0 Å². The fraction of sp³-hybridized carbons (Fsp3) is 0.667. The summed E-state index contributed by atoms with van der Waals surface area (Å²) in [5.41, 5.74) is 1.19. The van der Waals surface area contributed by atoms with E-state index in [1.165, 1.54) is 5.56 Å². The number of hydrogen-bond acceptors (Lipinski definition) is 5. The Labute approximate surface area is 138 Å². The summed E-state index contributed by atoms with van der Waals surface area (Å²) in [4.78, 5) is 5.00. The Kier molecular flexibility index (Phi) is 5.41. The number of rotatable bonds is 6. The second kappa shape index (κ2) is 7.51. The van der Waals surface area contributed by atoms with Crippen molar-refractivity contribution in [3.8, 4) is 11.5 Å². The number of aliphatic hydroxyl groups excluding tert-OH is 1. The molecule has 3 rings (SSSR count). The van der Waals surface area contributed by atoms with Crippen molar-refractivity contribution < 1.29 is 14.6 Å². The third-order valence-corrected chi connectivity index (χ3v) is 4.62. The number of ether oxygens (including phenoxy) is 2. The highest BCUT2D eigenvalue weighted by Gasteiger charge is 2.28. The second-order valence-electron chi connectivity index (χ2n) is 6.94. The minimum absolute atomic E-state index is 0.255. The van der Waals surface area contributed by atoms with Crippen LogP contribution in [0.15, 0.2) is 18.2 Å². The molecule has 1 N–H and O–H groups in total. The Balaban J connectivity index is 1.65. The van der Waals surface area contributed by atoms with E-state index in [4.69, 9.17) is 9.47 Å². The smallest absolute Gasteiger partial charge is 0.231 e. The molecule has 2 heterocycles. The van der Waals surface area contributed by atoms with Crippen molar-refractivity contribution in [1.82, 2.24) is 9.80 Å². The zero-order valence-corrected chi connectivity index (χ0v) is 14.2. The van der Waals surface area contributed by atoms with Crippen LogP contribution in [-0.4, -0.2) is 60.5 Å². The summed E-state index contributed by atoms with van der Waals surface area (Å²) in [5, 5.41) is 9.39. The van der Waals surface area contributed by atoms with Gasteiger partial charge in [0.1, 0.15) is 0 Å². The van der Waals surface area contributed by atoms with Crippen LogP contribution in [0.4, 0.5) is 0 Å². The summed E-state index contributed by atoms with van der Waals surface area (Å²) in [7, 11) is 0. The zero-order chi connectivity index (χ0) is 16.2. The first-order chi connectivity index (χ1) is 11.2. The average molecular weight is 320 g/mol. The lowest BCUT2D eigenvalue weighted by Crippen LogP contribution is -2.53. The van der Waals surface area contributed by atoms with Gasteiger partial charge in [-0.05, 0) is 18.4 Å². The van der Waals surface area contributed by atoms with Crippen molar-refractivity contribution in [1.29, 1.82) is 0 Å². The minimum atomic E-state index is 0.255. The van der Waals surface area contributed by atoms with Crippen molar-refractivity contribution >= 4 is 0 Å². The fourth-order valence-corrected chi connectivity index (χ4v) is 3.59. The molecule has 0 spiro atoms. The standard InChI is InChI=1S/C18H28N2O3/c1-14(2)10-20-8-7-19(12-16(20)6-9-21)11-15-4-3-5-17-18(15)23-13-22-17/h3-5,14,16,21H,6-13H2,1-2H3/t16-/m0/s1. The summed E-state index contributed by atoms with van der Waals surface area (Å²) < 4.78 is 11.1. The van der Waals surface area contributed by atoms with Crippen molar-refractivity contribution in [3.05, 3.63) is 23.8 Å². The maximum absolute atomic E-state index is 9.39. The summed E-state index contributed by atoms with van der Waals surface area (Å²) in [5.74, 6) is 2.41.